The first kappa shape index (κ1) is 18.1. The van der Waals surface area contributed by atoms with Crippen LogP contribution in [0.4, 0.5) is 13.2 Å². The summed E-state index contributed by atoms with van der Waals surface area (Å²) in [5.74, 6) is -1.24. The maximum Gasteiger partial charge on any atom is 0.451 e. The summed E-state index contributed by atoms with van der Waals surface area (Å²) in [6.07, 6.45) is -2.89. The molecule has 12 heteroatoms. The predicted octanol–water partition coefficient (Wildman–Crippen LogP) is 1.11. The Balaban J connectivity index is 1.57. The molecule has 0 bridgehead atoms. The molecule has 0 saturated carbocycles. The Morgan fingerprint density at radius 3 is 2.61 bits per heavy atom. The third-order valence-electron chi connectivity index (χ3n) is 4.56. The van der Waals surface area contributed by atoms with Gasteiger partial charge in [-0.3, -0.25) is 4.79 Å². The molecule has 1 aliphatic heterocycles. The minimum absolute atomic E-state index is 0.0312. The van der Waals surface area contributed by atoms with Crippen molar-refractivity contribution in [1.82, 2.24) is 39.9 Å². The van der Waals surface area contributed by atoms with Gasteiger partial charge in [-0.1, -0.05) is 30.3 Å². The van der Waals surface area contributed by atoms with E-state index < -0.39 is 18.0 Å². The number of alkyl halides is 3. The molecule has 1 unspecified atom stereocenters. The zero-order valence-corrected chi connectivity index (χ0v) is 14.5. The maximum absolute atomic E-state index is 13.1. The lowest BCUT2D eigenvalue weighted by atomic mass is 10.0. The number of hydrogen-bond donors (Lipinski definition) is 0. The van der Waals surface area contributed by atoms with Crippen molar-refractivity contribution in [3.05, 3.63) is 53.9 Å². The molecule has 0 aliphatic carbocycles. The van der Waals surface area contributed by atoms with Gasteiger partial charge in [0.1, 0.15) is 12.4 Å². The van der Waals surface area contributed by atoms with Crippen LogP contribution in [0.5, 0.6) is 0 Å². The largest absolute Gasteiger partial charge is 0.451 e. The summed E-state index contributed by atoms with van der Waals surface area (Å²) >= 11 is 0. The number of fused-ring (bicyclic) bond motifs is 1. The first-order valence-electron chi connectivity index (χ1n) is 8.48. The van der Waals surface area contributed by atoms with E-state index in [0.29, 0.717) is 6.42 Å². The number of carbonyl (C=O) groups excluding carboxylic acids is 1. The minimum Gasteiger partial charge on any atom is -0.331 e. The molecule has 1 aromatic carbocycles. The molecule has 146 valence electrons. The monoisotopic (exact) mass is 392 g/mol. The second kappa shape index (κ2) is 7.02. The van der Waals surface area contributed by atoms with Crippen LogP contribution < -0.4 is 0 Å². The second-order valence-corrected chi connectivity index (χ2v) is 6.34. The van der Waals surface area contributed by atoms with Gasteiger partial charge in [0.15, 0.2) is 5.82 Å². The van der Waals surface area contributed by atoms with Gasteiger partial charge in [-0.2, -0.15) is 13.2 Å². The first-order chi connectivity index (χ1) is 13.4. The highest BCUT2D eigenvalue weighted by atomic mass is 19.4. The Labute approximate surface area is 156 Å². The molecule has 1 amide bonds. The Bertz CT molecular complexity index is 954. The highest BCUT2D eigenvalue weighted by molar-refractivity contribution is 5.80. The first-order valence-corrected chi connectivity index (χ1v) is 8.48. The molecular weight excluding hydrogens is 377 g/mol. The van der Waals surface area contributed by atoms with Crippen LogP contribution in [-0.2, 0) is 30.5 Å². The lowest BCUT2D eigenvalue weighted by Gasteiger charge is -2.31. The number of hydrogen-bond acceptors (Lipinski definition) is 6. The van der Waals surface area contributed by atoms with Gasteiger partial charge in [0.2, 0.25) is 11.7 Å². The summed E-state index contributed by atoms with van der Waals surface area (Å²) in [5.41, 5.74) is 0.913. The van der Waals surface area contributed by atoms with E-state index in [4.69, 9.17) is 0 Å². The van der Waals surface area contributed by atoms with Crippen molar-refractivity contribution in [1.29, 1.82) is 0 Å². The molecule has 4 rings (SSSR count). The molecule has 3 aromatic rings. The molecule has 0 spiro atoms. The number of amides is 1. The molecule has 0 N–H and O–H groups in total. The van der Waals surface area contributed by atoms with Crippen LogP contribution in [0, 0.1) is 0 Å². The summed E-state index contributed by atoms with van der Waals surface area (Å²) in [4.78, 5) is 14.6. The maximum atomic E-state index is 13.1. The van der Waals surface area contributed by atoms with Gasteiger partial charge >= 0.3 is 6.18 Å². The Morgan fingerprint density at radius 2 is 1.93 bits per heavy atom. The molecule has 1 atom stereocenters. The van der Waals surface area contributed by atoms with Gasteiger partial charge in [0, 0.05) is 19.5 Å². The summed E-state index contributed by atoms with van der Waals surface area (Å²) in [7, 11) is 0. The van der Waals surface area contributed by atoms with Crippen molar-refractivity contribution < 1.29 is 18.0 Å². The van der Waals surface area contributed by atoms with Crippen LogP contribution in [0.2, 0.25) is 0 Å². The number of carbonyl (C=O) groups is 1. The quantitative estimate of drug-likeness (QED) is 0.660. The van der Waals surface area contributed by atoms with Crippen LogP contribution in [-0.4, -0.2) is 52.3 Å². The Kier molecular flexibility index (Phi) is 4.53. The number of benzene rings is 1. The Morgan fingerprint density at radius 1 is 1.14 bits per heavy atom. The summed E-state index contributed by atoms with van der Waals surface area (Å²) in [6.45, 7) is 0.0201. The van der Waals surface area contributed by atoms with Crippen molar-refractivity contribution >= 4 is 5.91 Å². The van der Waals surface area contributed by atoms with Crippen molar-refractivity contribution in [2.45, 2.75) is 31.7 Å². The number of nitrogens with zero attached hydrogens (tertiary/aromatic N) is 8. The van der Waals surface area contributed by atoms with E-state index in [-0.39, 0.29) is 31.4 Å². The summed E-state index contributed by atoms with van der Waals surface area (Å²) in [6, 6.07) is 8.64. The fourth-order valence-electron chi connectivity index (χ4n) is 3.21. The molecule has 2 aromatic heterocycles. The highest BCUT2D eigenvalue weighted by Crippen LogP contribution is 2.30. The molecule has 3 heterocycles. The molecule has 1 aliphatic rings. The van der Waals surface area contributed by atoms with E-state index in [1.165, 1.54) is 15.9 Å². The SMILES string of the molecule is O=C(C(Cc1ccccc1)n1cnnn1)N1CCn2c(nnc2C(F)(F)F)C1. The van der Waals surface area contributed by atoms with Gasteiger partial charge in [-0.05, 0) is 16.0 Å². The zero-order chi connectivity index (χ0) is 19.7. The van der Waals surface area contributed by atoms with Gasteiger partial charge in [0.25, 0.3) is 0 Å². The van der Waals surface area contributed by atoms with Crippen LogP contribution >= 0.6 is 0 Å². The topological polar surface area (TPSA) is 94.6 Å². The standard InChI is InChI=1S/C16H15F3N8O/c17-16(18,19)15-22-21-13-9-25(6-7-26(13)15)14(28)12(27-10-20-23-24-27)8-11-4-2-1-3-5-11/h1-5,10,12H,6-9H2. The van der Waals surface area contributed by atoms with Crippen LogP contribution in [0.1, 0.15) is 23.3 Å². The normalized spacial score (nSPS) is 15.3. The van der Waals surface area contributed by atoms with Crippen LogP contribution in [0.3, 0.4) is 0 Å². The summed E-state index contributed by atoms with van der Waals surface area (Å²) < 4.78 is 41.3. The average molecular weight is 392 g/mol. The number of rotatable bonds is 4. The van der Waals surface area contributed by atoms with E-state index in [2.05, 4.69) is 25.7 Å². The second-order valence-electron chi connectivity index (χ2n) is 6.34. The van der Waals surface area contributed by atoms with Gasteiger partial charge < -0.3 is 9.47 Å². The third-order valence-corrected chi connectivity index (χ3v) is 4.56. The predicted molar refractivity (Wildman–Crippen MR) is 87.4 cm³/mol. The average Bonchev–Trinajstić information content (AvgIpc) is 3.35. The van der Waals surface area contributed by atoms with E-state index >= 15 is 0 Å². The molecule has 0 fully saturated rings. The molecule has 9 nitrogen and oxygen atoms in total. The third kappa shape index (κ3) is 3.44. The smallest absolute Gasteiger partial charge is 0.331 e. The van der Waals surface area contributed by atoms with E-state index in [1.807, 2.05) is 30.3 Å². The number of tetrazole rings is 1. The van der Waals surface area contributed by atoms with Crippen LogP contribution in [0.25, 0.3) is 0 Å². The molecule has 0 radical (unpaired) electrons. The number of halogens is 3. The molecule has 28 heavy (non-hydrogen) atoms. The van der Waals surface area contributed by atoms with Crippen molar-refractivity contribution in [2.75, 3.05) is 6.54 Å². The van der Waals surface area contributed by atoms with Crippen molar-refractivity contribution in [3.63, 3.8) is 0 Å². The lowest BCUT2D eigenvalue weighted by molar-refractivity contribution is -0.148. The van der Waals surface area contributed by atoms with Crippen molar-refractivity contribution in [2.24, 2.45) is 0 Å². The molecular formula is C16H15F3N8O. The number of aromatic nitrogens is 7. The Hall–Kier alpha value is -3.31. The fourth-order valence-corrected chi connectivity index (χ4v) is 3.21. The molecule has 0 saturated heterocycles. The fraction of sp³-hybridized carbons (Fsp3) is 0.375. The summed E-state index contributed by atoms with van der Waals surface area (Å²) in [5, 5.41) is 17.9. The zero-order valence-electron chi connectivity index (χ0n) is 14.5. The highest BCUT2D eigenvalue weighted by Gasteiger charge is 2.40. The van der Waals surface area contributed by atoms with Crippen molar-refractivity contribution in [3.8, 4) is 0 Å². The minimum atomic E-state index is -4.58. The lowest BCUT2D eigenvalue weighted by Crippen LogP contribution is -2.43. The van der Waals surface area contributed by atoms with Crippen LogP contribution in [0.15, 0.2) is 36.7 Å². The van der Waals surface area contributed by atoms with Gasteiger partial charge in [-0.25, -0.2) is 4.68 Å². The van der Waals surface area contributed by atoms with Gasteiger partial charge in [0.05, 0.1) is 6.54 Å². The van der Waals surface area contributed by atoms with Gasteiger partial charge in [-0.15, -0.1) is 15.3 Å². The van der Waals surface area contributed by atoms with E-state index in [9.17, 15) is 18.0 Å². The van der Waals surface area contributed by atoms with E-state index in [0.717, 1.165) is 10.1 Å². The van der Waals surface area contributed by atoms with E-state index in [1.54, 1.807) is 0 Å².